The summed E-state index contributed by atoms with van der Waals surface area (Å²) in [5, 5.41) is 0.987. The molecule has 0 radical (unpaired) electrons. The molecule has 1 fully saturated rings. The molecule has 1 atom stereocenters. The van der Waals surface area contributed by atoms with E-state index in [9.17, 15) is 8.42 Å². The van der Waals surface area contributed by atoms with E-state index in [1.165, 1.54) is 11.3 Å². The van der Waals surface area contributed by atoms with E-state index in [4.69, 9.17) is 5.73 Å². The van der Waals surface area contributed by atoms with Crippen LogP contribution in [-0.2, 0) is 10.0 Å². The average molecular weight is 296 g/mol. The van der Waals surface area contributed by atoms with Crippen molar-refractivity contribution < 1.29 is 8.42 Å². The van der Waals surface area contributed by atoms with E-state index < -0.39 is 10.0 Å². The Labute approximate surface area is 116 Å². The van der Waals surface area contributed by atoms with Crippen LogP contribution in [-0.4, -0.2) is 32.4 Å². The molecule has 0 amide bonds. The van der Waals surface area contributed by atoms with Gasteiger partial charge in [0, 0.05) is 17.8 Å². The van der Waals surface area contributed by atoms with Crippen LogP contribution >= 0.6 is 11.3 Å². The van der Waals surface area contributed by atoms with Crippen molar-refractivity contribution in [1.29, 1.82) is 0 Å². The fraction of sp³-hybridized carbons (Fsp3) is 0.385. The van der Waals surface area contributed by atoms with Gasteiger partial charge < -0.3 is 5.73 Å². The highest BCUT2D eigenvalue weighted by atomic mass is 32.2. The van der Waals surface area contributed by atoms with Gasteiger partial charge in [0.05, 0.1) is 0 Å². The Hall–Kier alpha value is -0.950. The van der Waals surface area contributed by atoms with Crippen molar-refractivity contribution in [2.75, 3.05) is 19.6 Å². The molecule has 2 aromatic rings. The Morgan fingerprint density at radius 1 is 1.37 bits per heavy atom. The quantitative estimate of drug-likeness (QED) is 0.940. The van der Waals surface area contributed by atoms with E-state index in [1.807, 2.05) is 24.3 Å². The van der Waals surface area contributed by atoms with E-state index in [1.54, 1.807) is 10.4 Å². The molecule has 3 rings (SSSR count). The fourth-order valence-electron chi connectivity index (χ4n) is 2.42. The third-order valence-corrected chi connectivity index (χ3v) is 7.01. The largest absolute Gasteiger partial charge is 0.330 e. The van der Waals surface area contributed by atoms with Crippen LogP contribution in [0.1, 0.15) is 6.42 Å². The summed E-state index contributed by atoms with van der Waals surface area (Å²) in [6.45, 7) is 1.68. The second-order valence-corrected chi connectivity index (χ2v) is 8.11. The van der Waals surface area contributed by atoms with Gasteiger partial charge in [-0.05, 0) is 36.4 Å². The monoisotopic (exact) mass is 296 g/mol. The second kappa shape index (κ2) is 4.86. The summed E-state index contributed by atoms with van der Waals surface area (Å²) in [5.74, 6) is 0.296. The Kier molecular flexibility index (Phi) is 3.34. The number of benzene rings is 1. The lowest BCUT2D eigenvalue weighted by molar-refractivity contribution is 0.460. The summed E-state index contributed by atoms with van der Waals surface area (Å²) < 4.78 is 28.1. The number of sulfonamides is 1. The molecule has 4 nitrogen and oxygen atoms in total. The molecule has 19 heavy (non-hydrogen) atoms. The molecule has 0 aliphatic carbocycles. The number of nitrogens with two attached hydrogens (primary N) is 1. The van der Waals surface area contributed by atoms with Crippen LogP contribution in [0.3, 0.4) is 0 Å². The minimum atomic E-state index is -3.35. The van der Waals surface area contributed by atoms with Crippen molar-refractivity contribution in [3.8, 4) is 0 Å². The first-order valence-electron chi connectivity index (χ1n) is 6.30. The minimum Gasteiger partial charge on any atom is -0.330 e. The van der Waals surface area contributed by atoms with Gasteiger partial charge in [-0.25, -0.2) is 8.42 Å². The van der Waals surface area contributed by atoms with Crippen molar-refractivity contribution in [3.05, 3.63) is 30.3 Å². The Morgan fingerprint density at radius 2 is 2.16 bits per heavy atom. The number of nitrogens with zero attached hydrogens (tertiary/aromatic N) is 1. The zero-order valence-corrected chi connectivity index (χ0v) is 12.1. The van der Waals surface area contributed by atoms with Gasteiger partial charge in [0.2, 0.25) is 0 Å². The fourth-order valence-corrected chi connectivity index (χ4v) is 5.50. The second-order valence-electron chi connectivity index (χ2n) is 4.86. The molecule has 1 aromatic carbocycles. The summed E-state index contributed by atoms with van der Waals surface area (Å²) in [4.78, 5) is 0. The molecule has 0 unspecified atom stereocenters. The topological polar surface area (TPSA) is 63.4 Å². The van der Waals surface area contributed by atoms with Crippen molar-refractivity contribution in [2.45, 2.75) is 10.6 Å². The highest BCUT2D eigenvalue weighted by Crippen LogP contribution is 2.32. The van der Waals surface area contributed by atoms with E-state index >= 15 is 0 Å². The number of hydrogen-bond donors (Lipinski definition) is 1. The van der Waals surface area contributed by atoms with Gasteiger partial charge in [0.25, 0.3) is 10.0 Å². The lowest BCUT2D eigenvalue weighted by Gasteiger charge is -2.14. The Balaban J connectivity index is 1.96. The first kappa shape index (κ1) is 13.1. The van der Waals surface area contributed by atoms with Crippen molar-refractivity contribution in [2.24, 2.45) is 11.7 Å². The maximum atomic E-state index is 12.6. The van der Waals surface area contributed by atoms with Crippen LogP contribution in [0.4, 0.5) is 0 Å². The summed E-state index contributed by atoms with van der Waals surface area (Å²) >= 11 is 1.34. The molecule has 1 aliphatic rings. The number of hydrogen-bond acceptors (Lipinski definition) is 4. The van der Waals surface area contributed by atoms with Crippen LogP contribution in [0.5, 0.6) is 0 Å². The molecule has 2 N–H and O–H groups in total. The smallest absolute Gasteiger partial charge is 0.252 e. The lowest BCUT2D eigenvalue weighted by Crippen LogP contribution is -2.29. The van der Waals surface area contributed by atoms with Crippen molar-refractivity contribution in [3.63, 3.8) is 0 Å². The van der Waals surface area contributed by atoms with Crippen LogP contribution in [0, 0.1) is 5.92 Å². The SMILES string of the molecule is NC[C@@H]1CCN(S(=O)(=O)c2cc3ccccc3s2)C1. The molecule has 102 valence electrons. The van der Waals surface area contributed by atoms with Gasteiger partial charge >= 0.3 is 0 Å². The molecule has 0 bridgehead atoms. The van der Waals surface area contributed by atoms with Gasteiger partial charge in [-0.2, -0.15) is 4.31 Å². The molecular formula is C13H16N2O2S2. The van der Waals surface area contributed by atoms with E-state index in [-0.39, 0.29) is 0 Å². The van der Waals surface area contributed by atoms with Crippen LogP contribution in [0.25, 0.3) is 10.1 Å². The number of fused-ring (bicyclic) bond motifs is 1. The van der Waals surface area contributed by atoms with E-state index in [0.29, 0.717) is 29.8 Å². The summed E-state index contributed by atoms with van der Waals surface area (Å²) in [7, 11) is -3.35. The van der Waals surface area contributed by atoms with E-state index in [0.717, 1.165) is 16.5 Å². The minimum absolute atomic E-state index is 0.296. The average Bonchev–Trinajstić information content (AvgIpc) is 3.05. The van der Waals surface area contributed by atoms with Gasteiger partial charge in [-0.3, -0.25) is 0 Å². The molecule has 0 spiro atoms. The predicted octanol–water partition coefficient (Wildman–Crippen LogP) is 1.87. The molecule has 0 saturated carbocycles. The maximum absolute atomic E-state index is 12.6. The van der Waals surface area contributed by atoms with Gasteiger partial charge in [0.1, 0.15) is 4.21 Å². The maximum Gasteiger partial charge on any atom is 0.252 e. The molecular weight excluding hydrogens is 280 g/mol. The van der Waals surface area contributed by atoms with E-state index in [2.05, 4.69) is 0 Å². The Bertz CT molecular complexity index is 660. The molecule has 1 aromatic heterocycles. The van der Waals surface area contributed by atoms with Gasteiger partial charge in [0.15, 0.2) is 0 Å². The molecule has 1 aliphatic heterocycles. The van der Waals surface area contributed by atoms with Crippen molar-refractivity contribution in [1.82, 2.24) is 4.31 Å². The highest BCUT2D eigenvalue weighted by molar-refractivity contribution is 7.91. The summed E-state index contributed by atoms with van der Waals surface area (Å²) in [5.41, 5.74) is 5.62. The number of rotatable bonds is 3. The number of thiophene rings is 1. The molecule has 2 heterocycles. The lowest BCUT2D eigenvalue weighted by atomic mass is 10.1. The normalized spacial score (nSPS) is 21.2. The Morgan fingerprint density at radius 3 is 2.84 bits per heavy atom. The summed E-state index contributed by atoms with van der Waals surface area (Å²) in [6, 6.07) is 9.51. The third-order valence-electron chi connectivity index (χ3n) is 3.58. The predicted molar refractivity (Wildman–Crippen MR) is 77.7 cm³/mol. The van der Waals surface area contributed by atoms with Gasteiger partial charge in [-0.15, -0.1) is 11.3 Å². The first-order chi connectivity index (χ1) is 9.11. The van der Waals surface area contributed by atoms with Crippen LogP contribution in [0.2, 0.25) is 0 Å². The van der Waals surface area contributed by atoms with Gasteiger partial charge in [-0.1, -0.05) is 18.2 Å². The zero-order valence-electron chi connectivity index (χ0n) is 10.5. The third kappa shape index (κ3) is 2.29. The molecule has 1 saturated heterocycles. The zero-order chi connectivity index (χ0) is 13.5. The summed E-state index contributed by atoms with van der Waals surface area (Å²) in [6.07, 6.45) is 0.862. The van der Waals surface area contributed by atoms with Crippen LogP contribution in [0.15, 0.2) is 34.5 Å². The standard InChI is InChI=1S/C13H16N2O2S2/c14-8-10-5-6-15(9-10)19(16,17)13-7-11-3-1-2-4-12(11)18-13/h1-4,7,10H,5-6,8-9,14H2/t10-/m0/s1. The first-order valence-corrected chi connectivity index (χ1v) is 8.55. The van der Waals surface area contributed by atoms with Crippen molar-refractivity contribution >= 4 is 31.4 Å². The van der Waals surface area contributed by atoms with Crippen LogP contribution < -0.4 is 5.73 Å². The molecule has 6 heteroatoms. The highest BCUT2D eigenvalue weighted by Gasteiger charge is 2.32.